The van der Waals surface area contributed by atoms with Gasteiger partial charge in [0.2, 0.25) is 0 Å². The number of unbranched alkanes of at least 4 members (excludes halogenated alkanes) is 14. The summed E-state index contributed by atoms with van der Waals surface area (Å²) < 4.78 is 0. The summed E-state index contributed by atoms with van der Waals surface area (Å²) in [7, 11) is 0. The van der Waals surface area contributed by atoms with Crippen molar-refractivity contribution in [3.63, 3.8) is 0 Å². The molecule has 148 valence electrons. The molecule has 1 unspecified atom stereocenters. The van der Waals surface area contributed by atoms with E-state index in [4.69, 9.17) is 5.73 Å². The first kappa shape index (κ1) is 26.5. The Bertz CT molecular complexity index is 235. The Labute approximate surface area is 160 Å². The smallest absolute Gasteiger partial charge is 0.00876 e. The van der Waals surface area contributed by atoms with Crippen LogP contribution in [0.3, 0.4) is 0 Å². The van der Waals surface area contributed by atoms with Crippen molar-refractivity contribution in [3.8, 4) is 0 Å². The van der Waals surface area contributed by atoms with Crippen LogP contribution in [0, 0.1) is 5.41 Å². The van der Waals surface area contributed by atoms with Crippen molar-refractivity contribution in [1.82, 2.24) is 0 Å². The summed E-state index contributed by atoms with van der Waals surface area (Å²) in [6.45, 7) is 9.05. The molecule has 0 saturated carbocycles. The fourth-order valence-electron chi connectivity index (χ4n) is 3.17. The highest BCUT2D eigenvalue weighted by Crippen LogP contribution is 2.22. The maximum Gasteiger partial charge on any atom is 0.00876 e. The first-order valence-electron chi connectivity index (χ1n) is 10.7. The number of hydrogen-bond donors (Lipinski definition) is 1. The summed E-state index contributed by atoms with van der Waals surface area (Å²) >= 11 is 0. The fourth-order valence-corrected chi connectivity index (χ4v) is 3.17. The highest BCUT2D eigenvalue weighted by molar-refractivity contribution is 5.85. The molecule has 0 aromatic heterocycles. The number of halogens is 1. The topological polar surface area (TPSA) is 26.0 Å². The largest absolute Gasteiger partial charge is 0.327 e. The van der Waals surface area contributed by atoms with Crippen LogP contribution in [-0.4, -0.2) is 6.04 Å². The molecule has 0 heterocycles. The maximum absolute atomic E-state index is 6.20. The minimum atomic E-state index is 0. The monoisotopic (exact) mass is 361 g/mol. The van der Waals surface area contributed by atoms with Crippen molar-refractivity contribution >= 4 is 12.4 Å². The summed E-state index contributed by atoms with van der Waals surface area (Å²) in [6, 6.07) is 0.365. The third-order valence-corrected chi connectivity index (χ3v) is 5.23. The Morgan fingerprint density at radius 2 is 0.875 bits per heavy atom. The normalized spacial score (nSPS) is 12.9. The standard InChI is InChI=1S/C22H47N.ClH/c1-5-6-7-8-9-10-11-12-13-14-15-16-17-18-19-20-21(23)22(2,3)4;/h21H,5-20,23H2,1-4H3;1H. The van der Waals surface area contributed by atoms with Gasteiger partial charge >= 0.3 is 0 Å². The maximum atomic E-state index is 6.20. The lowest BCUT2D eigenvalue weighted by Gasteiger charge is -2.26. The van der Waals surface area contributed by atoms with Gasteiger partial charge in [0.25, 0.3) is 0 Å². The van der Waals surface area contributed by atoms with Crippen LogP contribution >= 0.6 is 12.4 Å². The van der Waals surface area contributed by atoms with Crippen LogP contribution < -0.4 is 5.73 Å². The molecule has 24 heavy (non-hydrogen) atoms. The van der Waals surface area contributed by atoms with Crippen LogP contribution in [-0.2, 0) is 0 Å². The van der Waals surface area contributed by atoms with Gasteiger partial charge in [-0.25, -0.2) is 0 Å². The molecule has 0 aliphatic rings. The Morgan fingerprint density at radius 3 is 1.17 bits per heavy atom. The Kier molecular flexibility index (Phi) is 19.9. The minimum absolute atomic E-state index is 0. The second kappa shape index (κ2) is 18.1. The molecule has 0 saturated heterocycles. The first-order valence-corrected chi connectivity index (χ1v) is 10.7. The van der Waals surface area contributed by atoms with Crippen LogP contribution in [0.5, 0.6) is 0 Å². The molecule has 0 aromatic rings. The van der Waals surface area contributed by atoms with Gasteiger partial charge in [-0.05, 0) is 11.8 Å². The Morgan fingerprint density at radius 1 is 0.583 bits per heavy atom. The molecule has 0 radical (unpaired) electrons. The lowest BCUT2D eigenvalue weighted by Crippen LogP contribution is -2.34. The van der Waals surface area contributed by atoms with Gasteiger partial charge in [-0.15, -0.1) is 12.4 Å². The number of nitrogens with two attached hydrogens (primary N) is 1. The van der Waals surface area contributed by atoms with Crippen molar-refractivity contribution in [2.24, 2.45) is 11.1 Å². The van der Waals surface area contributed by atoms with E-state index in [1.165, 1.54) is 103 Å². The van der Waals surface area contributed by atoms with E-state index in [1.54, 1.807) is 0 Å². The summed E-state index contributed by atoms with van der Waals surface area (Å²) in [5.41, 5.74) is 6.48. The average molecular weight is 362 g/mol. The highest BCUT2D eigenvalue weighted by atomic mass is 35.5. The molecule has 0 aliphatic carbocycles. The van der Waals surface area contributed by atoms with Crippen LogP contribution in [0.25, 0.3) is 0 Å². The van der Waals surface area contributed by atoms with Gasteiger partial charge in [0.05, 0.1) is 0 Å². The molecule has 1 atom stereocenters. The highest BCUT2D eigenvalue weighted by Gasteiger charge is 2.19. The lowest BCUT2D eigenvalue weighted by molar-refractivity contribution is 0.298. The van der Waals surface area contributed by atoms with E-state index in [1.807, 2.05) is 0 Å². The first-order chi connectivity index (χ1) is 11.0. The van der Waals surface area contributed by atoms with Crippen LogP contribution in [0.4, 0.5) is 0 Å². The molecule has 0 amide bonds. The zero-order valence-corrected chi connectivity index (χ0v) is 18.2. The van der Waals surface area contributed by atoms with Gasteiger partial charge in [-0.3, -0.25) is 0 Å². The lowest BCUT2D eigenvalue weighted by atomic mass is 9.84. The molecular weight excluding hydrogens is 314 g/mol. The third kappa shape index (κ3) is 18.6. The van der Waals surface area contributed by atoms with E-state index in [0.717, 1.165) is 0 Å². The van der Waals surface area contributed by atoms with Crippen LogP contribution in [0.1, 0.15) is 130 Å². The minimum Gasteiger partial charge on any atom is -0.327 e. The van der Waals surface area contributed by atoms with Crippen molar-refractivity contribution in [3.05, 3.63) is 0 Å². The van der Waals surface area contributed by atoms with E-state index >= 15 is 0 Å². The third-order valence-electron chi connectivity index (χ3n) is 5.23. The molecular formula is C22H48ClN. The Hall–Kier alpha value is 0.250. The van der Waals surface area contributed by atoms with Gasteiger partial charge in [0, 0.05) is 6.04 Å². The van der Waals surface area contributed by atoms with Crippen molar-refractivity contribution in [1.29, 1.82) is 0 Å². The predicted molar refractivity (Wildman–Crippen MR) is 114 cm³/mol. The predicted octanol–water partition coefficient (Wildman–Crippen LogP) is 8.04. The Balaban J connectivity index is 0. The van der Waals surface area contributed by atoms with Crippen LogP contribution in [0.15, 0.2) is 0 Å². The van der Waals surface area contributed by atoms with Gasteiger partial charge < -0.3 is 5.73 Å². The molecule has 0 bridgehead atoms. The summed E-state index contributed by atoms with van der Waals surface area (Å²) in [5, 5.41) is 0. The van der Waals surface area contributed by atoms with Crippen LogP contribution in [0.2, 0.25) is 0 Å². The zero-order valence-electron chi connectivity index (χ0n) is 17.4. The van der Waals surface area contributed by atoms with Crippen molar-refractivity contribution < 1.29 is 0 Å². The SMILES string of the molecule is CCCCCCCCCCCCCCCCCC(N)C(C)(C)C.Cl. The van der Waals surface area contributed by atoms with Crippen molar-refractivity contribution in [2.45, 2.75) is 136 Å². The molecule has 2 N–H and O–H groups in total. The van der Waals surface area contributed by atoms with E-state index in [-0.39, 0.29) is 17.8 Å². The van der Waals surface area contributed by atoms with Gasteiger partial charge in [-0.2, -0.15) is 0 Å². The molecule has 0 aliphatic heterocycles. The summed E-state index contributed by atoms with van der Waals surface area (Å²) in [5.74, 6) is 0. The molecule has 0 aromatic carbocycles. The molecule has 0 rings (SSSR count). The summed E-state index contributed by atoms with van der Waals surface area (Å²) in [4.78, 5) is 0. The fraction of sp³-hybridized carbons (Fsp3) is 1.00. The van der Waals surface area contributed by atoms with Gasteiger partial charge in [-0.1, -0.05) is 124 Å². The number of hydrogen-bond acceptors (Lipinski definition) is 1. The molecule has 0 spiro atoms. The molecule has 0 fully saturated rings. The zero-order chi connectivity index (χ0) is 17.4. The molecule has 1 nitrogen and oxygen atoms in total. The van der Waals surface area contributed by atoms with E-state index in [9.17, 15) is 0 Å². The average Bonchev–Trinajstić information content (AvgIpc) is 2.50. The van der Waals surface area contributed by atoms with E-state index in [2.05, 4.69) is 27.7 Å². The van der Waals surface area contributed by atoms with E-state index < -0.39 is 0 Å². The quantitative estimate of drug-likeness (QED) is 0.276. The van der Waals surface area contributed by atoms with E-state index in [0.29, 0.717) is 6.04 Å². The summed E-state index contributed by atoms with van der Waals surface area (Å²) in [6.07, 6.45) is 22.7. The number of rotatable bonds is 16. The second-order valence-corrected chi connectivity index (χ2v) is 8.71. The van der Waals surface area contributed by atoms with Crippen molar-refractivity contribution in [2.75, 3.05) is 0 Å². The van der Waals surface area contributed by atoms with Gasteiger partial charge in [0.1, 0.15) is 0 Å². The van der Waals surface area contributed by atoms with Gasteiger partial charge in [0.15, 0.2) is 0 Å². The molecule has 2 heteroatoms. The second-order valence-electron chi connectivity index (χ2n) is 8.71.